The Labute approximate surface area is 98.1 Å². The minimum atomic E-state index is 0.395. The quantitative estimate of drug-likeness (QED) is 0.459. The largest absolute Gasteiger partial charge is 0.488 e. The van der Waals surface area contributed by atoms with Gasteiger partial charge in [0, 0.05) is 23.7 Å². The third kappa shape index (κ3) is 2.76. The highest BCUT2D eigenvalue weighted by atomic mass is 16.5. The summed E-state index contributed by atoms with van der Waals surface area (Å²) in [6.45, 7) is 0.395. The van der Waals surface area contributed by atoms with Crippen LogP contribution in [0, 0.1) is 0 Å². The molecule has 86 valence electrons. The molecular formula is C11H11N5O. The second-order valence-electron chi connectivity index (χ2n) is 3.47. The fourth-order valence-electron chi connectivity index (χ4n) is 1.42. The lowest BCUT2D eigenvalue weighted by Gasteiger charge is -2.06. The first kappa shape index (κ1) is 11.0. The predicted molar refractivity (Wildman–Crippen MR) is 62.8 cm³/mol. The maximum atomic E-state index is 8.42. The molecule has 6 nitrogen and oxygen atoms in total. The van der Waals surface area contributed by atoms with Crippen molar-refractivity contribution < 1.29 is 4.74 Å². The summed E-state index contributed by atoms with van der Waals surface area (Å²) in [5.41, 5.74) is 9.87. The Morgan fingerprint density at radius 1 is 1.47 bits per heavy atom. The molecule has 1 heterocycles. The van der Waals surface area contributed by atoms with Crippen LogP contribution in [0.1, 0.15) is 5.56 Å². The molecule has 0 saturated heterocycles. The number of aromatic nitrogens is 2. The van der Waals surface area contributed by atoms with Crippen LogP contribution in [0.4, 0.5) is 5.69 Å². The molecule has 0 N–H and O–H groups in total. The molecule has 2 aromatic rings. The standard InChI is InChI=1S/C11H11N5O/c1-16-7-9(6-13-16)8-17-11-5-3-2-4-10(11)14-15-12/h2-7H,8H2,1H3. The first-order valence-corrected chi connectivity index (χ1v) is 5.04. The number of azide groups is 1. The molecule has 6 heteroatoms. The molecule has 2 rings (SSSR count). The van der Waals surface area contributed by atoms with E-state index in [-0.39, 0.29) is 0 Å². The Bertz CT molecular complexity index is 556. The minimum absolute atomic E-state index is 0.395. The van der Waals surface area contributed by atoms with Crippen molar-refractivity contribution in [3.05, 3.63) is 52.7 Å². The smallest absolute Gasteiger partial charge is 0.129 e. The van der Waals surface area contributed by atoms with Crippen molar-refractivity contribution >= 4 is 5.69 Å². The summed E-state index contributed by atoms with van der Waals surface area (Å²) in [7, 11) is 1.84. The van der Waals surface area contributed by atoms with E-state index in [1.807, 2.05) is 19.3 Å². The highest BCUT2D eigenvalue weighted by Crippen LogP contribution is 2.27. The molecule has 1 aromatic heterocycles. The Morgan fingerprint density at radius 2 is 2.29 bits per heavy atom. The molecule has 17 heavy (non-hydrogen) atoms. The van der Waals surface area contributed by atoms with Crippen molar-refractivity contribution in [2.24, 2.45) is 12.2 Å². The van der Waals surface area contributed by atoms with Gasteiger partial charge in [-0.1, -0.05) is 17.2 Å². The zero-order chi connectivity index (χ0) is 12.1. The SMILES string of the molecule is Cn1cc(COc2ccccc2N=[N+]=[N-])cn1. The summed E-state index contributed by atoms with van der Waals surface area (Å²) in [5, 5.41) is 7.60. The zero-order valence-electron chi connectivity index (χ0n) is 9.32. The van der Waals surface area contributed by atoms with E-state index in [1.165, 1.54) is 0 Å². The summed E-state index contributed by atoms with van der Waals surface area (Å²) < 4.78 is 7.28. The van der Waals surface area contributed by atoms with Crippen LogP contribution in [0.25, 0.3) is 10.4 Å². The first-order valence-electron chi connectivity index (χ1n) is 5.04. The Balaban J connectivity index is 2.11. The van der Waals surface area contributed by atoms with E-state index in [9.17, 15) is 0 Å². The highest BCUT2D eigenvalue weighted by molar-refractivity contribution is 5.51. The zero-order valence-corrected chi connectivity index (χ0v) is 9.32. The number of ether oxygens (including phenoxy) is 1. The van der Waals surface area contributed by atoms with Gasteiger partial charge in [0.1, 0.15) is 12.4 Å². The summed E-state index contributed by atoms with van der Waals surface area (Å²) >= 11 is 0. The van der Waals surface area contributed by atoms with Crippen LogP contribution in [0.2, 0.25) is 0 Å². The van der Waals surface area contributed by atoms with Crippen LogP contribution >= 0.6 is 0 Å². The average Bonchev–Trinajstić information content (AvgIpc) is 2.74. The van der Waals surface area contributed by atoms with E-state index >= 15 is 0 Å². The number of hydrogen-bond acceptors (Lipinski definition) is 3. The van der Waals surface area contributed by atoms with Gasteiger partial charge in [0.25, 0.3) is 0 Å². The molecule has 0 amide bonds. The first-order chi connectivity index (χ1) is 8.29. The summed E-state index contributed by atoms with van der Waals surface area (Å²) in [6, 6.07) is 7.09. The van der Waals surface area contributed by atoms with Gasteiger partial charge in [0.05, 0.1) is 11.9 Å². The monoisotopic (exact) mass is 229 g/mol. The van der Waals surface area contributed by atoms with Crippen LogP contribution < -0.4 is 4.74 Å². The molecule has 0 unspecified atom stereocenters. The molecule has 0 aliphatic carbocycles. The third-order valence-electron chi connectivity index (χ3n) is 2.17. The minimum Gasteiger partial charge on any atom is -0.488 e. The molecular weight excluding hydrogens is 218 g/mol. The fraction of sp³-hybridized carbons (Fsp3) is 0.182. The lowest BCUT2D eigenvalue weighted by Crippen LogP contribution is -1.94. The van der Waals surface area contributed by atoms with Crippen molar-refractivity contribution in [1.29, 1.82) is 0 Å². The van der Waals surface area contributed by atoms with E-state index in [0.29, 0.717) is 18.0 Å². The maximum Gasteiger partial charge on any atom is 0.129 e. The summed E-state index contributed by atoms with van der Waals surface area (Å²) in [6.07, 6.45) is 3.60. The van der Waals surface area contributed by atoms with Gasteiger partial charge in [-0.05, 0) is 17.7 Å². The van der Waals surface area contributed by atoms with E-state index in [4.69, 9.17) is 10.3 Å². The third-order valence-corrected chi connectivity index (χ3v) is 2.17. The Hall–Kier alpha value is -2.46. The Morgan fingerprint density at radius 3 is 3.00 bits per heavy atom. The normalized spacial score (nSPS) is 9.71. The van der Waals surface area contributed by atoms with Gasteiger partial charge >= 0.3 is 0 Å². The average molecular weight is 229 g/mol. The van der Waals surface area contributed by atoms with Gasteiger partial charge in [0.2, 0.25) is 0 Å². The number of benzene rings is 1. The topological polar surface area (TPSA) is 75.8 Å². The number of rotatable bonds is 4. The lowest BCUT2D eigenvalue weighted by atomic mass is 10.3. The second kappa shape index (κ2) is 5.05. The number of nitrogens with zero attached hydrogens (tertiary/aromatic N) is 5. The molecule has 0 radical (unpaired) electrons. The van der Waals surface area contributed by atoms with Crippen LogP contribution in [0.3, 0.4) is 0 Å². The van der Waals surface area contributed by atoms with Crippen LogP contribution in [-0.4, -0.2) is 9.78 Å². The van der Waals surface area contributed by atoms with Crippen molar-refractivity contribution in [1.82, 2.24) is 9.78 Å². The van der Waals surface area contributed by atoms with Crippen molar-refractivity contribution in [2.45, 2.75) is 6.61 Å². The van der Waals surface area contributed by atoms with E-state index < -0.39 is 0 Å². The molecule has 0 spiro atoms. The van der Waals surface area contributed by atoms with Crippen LogP contribution in [0.15, 0.2) is 41.8 Å². The van der Waals surface area contributed by atoms with E-state index in [2.05, 4.69) is 15.1 Å². The van der Waals surface area contributed by atoms with Crippen molar-refractivity contribution in [3.8, 4) is 5.75 Å². The maximum absolute atomic E-state index is 8.42. The van der Waals surface area contributed by atoms with Crippen molar-refractivity contribution in [3.63, 3.8) is 0 Å². The molecule has 0 saturated carbocycles. The Kier molecular flexibility index (Phi) is 3.28. The highest BCUT2D eigenvalue weighted by Gasteiger charge is 2.02. The van der Waals surface area contributed by atoms with Gasteiger partial charge in [-0.15, -0.1) is 0 Å². The molecule has 1 aromatic carbocycles. The number of hydrogen-bond donors (Lipinski definition) is 0. The van der Waals surface area contributed by atoms with Gasteiger partial charge in [-0.2, -0.15) is 5.10 Å². The van der Waals surface area contributed by atoms with E-state index in [0.717, 1.165) is 5.56 Å². The number of aryl methyl sites for hydroxylation is 1. The number of para-hydroxylation sites is 1. The lowest BCUT2D eigenvalue weighted by molar-refractivity contribution is 0.307. The second-order valence-corrected chi connectivity index (χ2v) is 3.47. The molecule has 0 bridgehead atoms. The van der Waals surface area contributed by atoms with Gasteiger partial charge in [-0.25, -0.2) is 0 Å². The van der Waals surface area contributed by atoms with Crippen LogP contribution in [0.5, 0.6) is 5.75 Å². The van der Waals surface area contributed by atoms with Gasteiger partial charge < -0.3 is 4.74 Å². The van der Waals surface area contributed by atoms with Crippen LogP contribution in [-0.2, 0) is 13.7 Å². The summed E-state index contributed by atoms with van der Waals surface area (Å²) in [5.74, 6) is 0.564. The fourth-order valence-corrected chi connectivity index (χ4v) is 1.42. The predicted octanol–water partition coefficient (Wildman–Crippen LogP) is 2.94. The van der Waals surface area contributed by atoms with Gasteiger partial charge in [0.15, 0.2) is 0 Å². The van der Waals surface area contributed by atoms with Crippen molar-refractivity contribution in [2.75, 3.05) is 0 Å². The molecule has 0 atom stereocenters. The molecule has 0 aliphatic rings. The molecule has 0 fully saturated rings. The van der Waals surface area contributed by atoms with E-state index in [1.54, 1.807) is 29.1 Å². The molecule has 0 aliphatic heterocycles. The van der Waals surface area contributed by atoms with Gasteiger partial charge in [-0.3, -0.25) is 4.68 Å². The summed E-state index contributed by atoms with van der Waals surface area (Å²) in [4.78, 5) is 2.75.